The zero-order valence-corrected chi connectivity index (χ0v) is 17.7. The molecular formula is C24H25N5O2. The first kappa shape index (κ1) is 20.5. The number of amides is 1. The first-order valence-corrected chi connectivity index (χ1v) is 10.4. The highest BCUT2D eigenvalue weighted by Crippen LogP contribution is 2.15. The van der Waals surface area contributed by atoms with Gasteiger partial charge in [-0.15, -0.1) is 0 Å². The van der Waals surface area contributed by atoms with E-state index >= 15 is 0 Å². The van der Waals surface area contributed by atoms with Crippen molar-refractivity contribution in [2.24, 2.45) is 0 Å². The highest BCUT2D eigenvalue weighted by atomic mass is 16.2. The van der Waals surface area contributed by atoms with Crippen molar-refractivity contribution in [1.29, 1.82) is 0 Å². The van der Waals surface area contributed by atoms with Crippen LogP contribution in [-0.4, -0.2) is 25.2 Å². The summed E-state index contributed by atoms with van der Waals surface area (Å²) in [5.41, 5.74) is 4.08. The topological polar surface area (TPSA) is 81.8 Å². The first-order valence-electron chi connectivity index (χ1n) is 10.4. The summed E-state index contributed by atoms with van der Waals surface area (Å²) in [5.74, 6) is -0.282. The van der Waals surface area contributed by atoms with Crippen LogP contribution in [0.3, 0.4) is 0 Å². The Balaban J connectivity index is 1.49. The average Bonchev–Trinajstić information content (AvgIpc) is 3.21. The number of carbonyl (C=O) groups excluding carboxylic acids is 1. The van der Waals surface area contributed by atoms with Crippen molar-refractivity contribution in [3.05, 3.63) is 82.5 Å². The number of nitrogens with zero attached hydrogens (tertiary/aromatic N) is 4. The second kappa shape index (κ2) is 8.95. The largest absolute Gasteiger partial charge is 0.325 e. The van der Waals surface area contributed by atoms with E-state index in [4.69, 9.17) is 0 Å². The molecule has 1 amide bonds. The summed E-state index contributed by atoms with van der Waals surface area (Å²) in [7, 11) is 0. The number of rotatable bonds is 7. The summed E-state index contributed by atoms with van der Waals surface area (Å²) in [4.78, 5) is 29.7. The Kier molecular flexibility index (Phi) is 5.93. The Labute approximate surface area is 180 Å². The summed E-state index contributed by atoms with van der Waals surface area (Å²) in [6.07, 6.45) is 6.21. The third kappa shape index (κ3) is 4.55. The van der Waals surface area contributed by atoms with E-state index in [0.717, 1.165) is 30.5 Å². The highest BCUT2D eigenvalue weighted by molar-refractivity contribution is 5.90. The predicted octanol–water partition coefficient (Wildman–Crippen LogP) is 3.87. The lowest BCUT2D eigenvalue weighted by Crippen LogP contribution is -2.27. The molecule has 0 saturated carbocycles. The molecule has 2 aromatic carbocycles. The maximum atomic E-state index is 12.8. The number of unbranched alkanes of at least 4 members (excludes halogenated alkanes) is 1. The van der Waals surface area contributed by atoms with E-state index < -0.39 is 0 Å². The van der Waals surface area contributed by atoms with Crippen molar-refractivity contribution in [1.82, 2.24) is 19.3 Å². The van der Waals surface area contributed by atoms with Crippen molar-refractivity contribution in [3.8, 4) is 5.69 Å². The van der Waals surface area contributed by atoms with Crippen LogP contribution in [0.1, 0.15) is 30.9 Å². The Morgan fingerprint density at radius 2 is 1.81 bits per heavy atom. The van der Waals surface area contributed by atoms with Gasteiger partial charge in [0.15, 0.2) is 5.65 Å². The minimum atomic E-state index is -0.298. The van der Waals surface area contributed by atoms with Crippen molar-refractivity contribution in [3.63, 3.8) is 0 Å². The molecule has 2 aromatic heterocycles. The number of anilines is 1. The van der Waals surface area contributed by atoms with E-state index in [9.17, 15) is 9.59 Å². The lowest BCUT2D eigenvalue weighted by Gasteiger charge is -2.09. The normalized spacial score (nSPS) is 11.0. The van der Waals surface area contributed by atoms with E-state index in [-0.39, 0.29) is 18.0 Å². The van der Waals surface area contributed by atoms with E-state index in [1.54, 1.807) is 4.68 Å². The van der Waals surface area contributed by atoms with E-state index in [0.29, 0.717) is 16.7 Å². The fraction of sp³-hybridized carbons (Fsp3) is 0.250. The number of aryl methyl sites for hydroxylation is 2. The van der Waals surface area contributed by atoms with Gasteiger partial charge in [-0.25, -0.2) is 9.67 Å². The van der Waals surface area contributed by atoms with E-state index in [1.807, 2.05) is 55.5 Å². The first-order chi connectivity index (χ1) is 15.0. The number of carbonyl (C=O) groups is 1. The Bertz CT molecular complexity index is 1250. The Morgan fingerprint density at radius 3 is 2.52 bits per heavy atom. The summed E-state index contributed by atoms with van der Waals surface area (Å²) in [6, 6.07) is 15.6. The molecule has 0 fully saturated rings. The third-order valence-corrected chi connectivity index (χ3v) is 5.20. The zero-order chi connectivity index (χ0) is 21.8. The number of hydrogen-bond donors (Lipinski definition) is 1. The third-order valence-electron chi connectivity index (χ3n) is 5.20. The predicted molar refractivity (Wildman–Crippen MR) is 122 cm³/mol. The molecule has 2 heterocycles. The molecule has 0 aliphatic carbocycles. The minimum absolute atomic E-state index is 0.116. The van der Waals surface area contributed by atoms with Gasteiger partial charge in [0.05, 0.1) is 11.9 Å². The molecule has 7 heteroatoms. The maximum absolute atomic E-state index is 12.8. The van der Waals surface area contributed by atoms with Gasteiger partial charge in [-0.3, -0.25) is 14.2 Å². The van der Waals surface area contributed by atoms with Crippen LogP contribution in [0.25, 0.3) is 16.7 Å². The summed E-state index contributed by atoms with van der Waals surface area (Å²) >= 11 is 0. The quantitative estimate of drug-likeness (QED) is 0.497. The Hall–Kier alpha value is -3.74. The number of benzene rings is 2. The molecule has 0 saturated heterocycles. The molecule has 4 rings (SSSR count). The van der Waals surface area contributed by atoms with Crippen LogP contribution >= 0.6 is 0 Å². The molecule has 0 bridgehead atoms. The molecule has 1 N–H and O–H groups in total. The van der Waals surface area contributed by atoms with Gasteiger partial charge in [-0.05, 0) is 49.6 Å². The number of hydrogen-bond acceptors (Lipinski definition) is 4. The minimum Gasteiger partial charge on any atom is -0.325 e. The molecular weight excluding hydrogens is 390 g/mol. The van der Waals surface area contributed by atoms with Gasteiger partial charge in [-0.2, -0.15) is 5.10 Å². The molecule has 0 atom stereocenters. The average molecular weight is 415 g/mol. The van der Waals surface area contributed by atoms with Gasteiger partial charge in [0.2, 0.25) is 5.91 Å². The monoisotopic (exact) mass is 415 g/mol. The number of nitrogens with one attached hydrogen (secondary N) is 1. The van der Waals surface area contributed by atoms with E-state index in [2.05, 4.69) is 22.3 Å². The molecule has 158 valence electrons. The van der Waals surface area contributed by atoms with Crippen molar-refractivity contribution >= 4 is 22.6 Å². The summed E-state index contributed by atoms with van der Waals surface area (Å²) in [5, 5.41) is 7.52. The van der Waals surface area contributed by atoms with Crippen molar-refractivity contribution in [2.75, 3.05) is 5.32 Å². The van der Waals surface area contributed by atoms with Crippen LogP contribution in [0.5, 0.6) is 0 Å². The molecule has 0 aliphatic heterocycles. The van der Waals surface area contributed by atoms with Crippen LogP contribution in [0.2, 0.25) is 0 Å². The zero-order valence-electron chi connectivity index (χ0n) is 17.7. The van der Waals surface area contributed by atoms with E-state index in [1.165, 1.54) is 22.7 Å². The summed E-state index contributed by atoms with van der Waals surface area (Å²) in [6.45, 7) is 4.05. The summed E-state index contributed by atoms with van der Waals surface area (Å²) < 4.78 is 2.93. The molecule has 0 radical (unpaired) electrons. The molecule has 0 spiro atoms. The maximum Gasteiger partial charge on any atom is 0.264 e. The van der Waals surface area contributed by atoms with Crippen molar-refractivity contribution in [2.45, 2.75) is 39.7 Å². The number of fused-ring (bicyclic) bond motifs is 1. The second-order valence-electron chi connectivity index (χ2n) is 7.66. The Morgan fingerprint density at radius 1 is 1.06 bits per heavy atom. The lowest BCUT2D eigenvalue weighted by molar-refractivity contribution is -0.116. The van der Waals surface area contributed by atoms with Crippen LogP contribution in [0, 0.1) is 6.92 Å². The standard InChI is InChI=1S/C24H25N5O2/c1-3-4-5-18-8-10-19(11-9-18)27-22(30)15-28-16-25-23-21(24(28)31)14-26-29(23)20-12-6-17(2)7-13-20/h6-14,16H,3-5,15H2,1-2H3,(H,27,30). The molecule has 7 nitrogen and oxygen atoms in total. The number of aromatic nitrogens is 4. The second-order valence-corrected chi connectivity index (χ2v) is 7.66. The van der Waals surface area contributed by atoms with Gasteiger partial charge in [0.25, 0.3) is 5.56 Å². The fourth-order valence-corrected chi connectivity index (χ4v) is 3.43. The van der Waals surface area contributed by atoms with Crippen LogP contribution < -0.4 is 10.9 Å². The molecule has 0 unspecified atom stereocenters. The van der Waals surface area contributed by atoms with Crippen LogP contribution in [-0.2, 0) is 17.8 Å². The van der Waals surface area contributed by atoms with Gasteiger partial charge >= 0.3 is 0 Å². The smallest absolute Gasteiger partial charge is 0.264 e. The SMILES string of the molecule is CCCCc1ccc(NC(=O)Cn2cnc3c(cnn3-c3ccc(C)cc3)c2=O)cc1. The van der Waals surface area contributed by atoms with Crippen LogP contribution in [0.4, 0.5) is 5.69 Å². The van der Waals surface area contributed by atoms with Gasteiger partial charge in [0.1, 0.15) is 18.3 Å². The van der Waals surface area contributed by atoms with Gasteiger partial charge in [0, 0.05) is 5.69 Å². The van der Waals surface area contributed by atoms with Gasteiger partial charge in [-0.1, -0.05) is 43.2 Å². The lowest BCUT2D eigenvalue weighted by atomic mass is 10.1. The van der Waals surface area contributed by atoms with Crippen molar-refractivity contribution < 1.29 is 4.79 Å². The van der Waals surface area contributed by atoms with Gasteiger partial charge < -0.3 is 5.32 Å². The van der Waals surface area contributed by atoms with Crippen LogP contribution in [0.15, 0.2) is 65.8 Å². The highest BCUT2D eigenvalue weighted by Gasteiger charge is 2.13. The molecule has 4 aromatic rings. The fourth-order valence-electron chi connectivity index (χ4n) is 3.43. The molecule has 31 heavy (non-hydrogen) atoms. The molecule has 0 aliphatic rings.